The third-order valence-corrected chi connectivity index (χ3v) is 2.43. The van der Waals surface area contributed by atoms with Crippen molar-refractivity contribution >= 4 is 11.6 Å². The van der Waals surface area contributed by atoms with Crippen molar-refractivity contribution in [1.29, 1.82) is 0 Å². The van der Waals surface area contributed by atoms with Gasteiger partial charge in [-0.2, -0.15) is 0 Å². The molecular formula is C12H13ClN2O3. The van der Waals surface area contributed by atoms with E-state index in [1.54, 1.807) is 7.11 Å². The normalized spacial score (nSPS) is 10.3. The molecule has 0 atom stereocenters. The number of ether oxygens (including phenoxy) is 2. The summed E-state index contributed by atoms with van der Waals surface area (Å²) in [7, 11) is 1.62. The van der Waals surface area contributed by atoms with E-state index in [1.807, 2.05) is 24.3 Å². The Morgan fingerprint density at radius 1 is 1.11 bits per heavy atom. The fraction of sp³-hybridized carbons (Fsp3) is 0.333. The molecule has 0 radical (unpaired) electrons. The zero-order valence-corrected chi connectivity index (χ0v) is 10.7. The molecule has 5 nitrogen and oxygen atoms in total. The Hall–Kier alpha value is -1.75. The fourth-order valence-corrected chi connectivity index (χ4v) is 1.51. The third kappa shape index (κ3) is 3.37. The molecule has 0 saturated heterocycles. The van der Waals surface area contributed by atoms with Crippen LogP contribution in [0.3, 0.4) is 0 Å². The Labute approximate surface area is 110 Å². The van der Waals surface area contributed by atoms with Crippen LogP contribution in [0.1, 0.15) is 11.8 Å². The second-order valence-electron chi connectivity index (χ2n) is 3.49. The zero-order chi connectivity index (χ0) is 12.8. The van der Waals surface area contributed by atoms with Gasteiger partial charge in [-0.1, -0.05) is 0 Å². The lowest BCUT2D eigenvalue weighted by molar-refractivity contribution is 0.259. The molecule has 0 bridgehead atoms. The summed E-state index contributed by atoms with van der Waals surface area (Å²) in [5.41, 5.74) is 0. The average molecular weight is 269 g/mol. The van der Waals surface area contributed by atoms with Gasteiger partial charge in [-0.25, -0.2) is 0 Å². The molecule has 96 valence electrons. The first-order valence-electron chi connectivity index (χ1n) is 5.46. The first-order valence-corrected chi connectivity index (χ1v) is 5.99. The van der Waals surface area contributed by atoms with Crippen LogP contribution in [0.5, 0.6) is 11.5 Å². The molecule has 1 heterocycles. The number of nitrogens with zero attached hydrogens (tertiary/aromatic N) is 2. The van der Waals surface area contributed by atoms with Crippen molar-refractivity contribution in [2.75, 3.05) is 13.0 Å². The molecule has 0 N–H and O–H groups in total. The van der Waals surface area contributed by atoms with Gasteiger partial charge in [0, 0.05) is 12.3 Å². The molecule has 0 unspecified atom stereocenters. The van der Waals surface area contributed by atoms with E-state index in [-0.39, 0.29) is 6.61 Å². The maximum Gasteiger partial charge on any atom is 0.253 e. The summed E-state index contributed by atoms with van der Waals surface area (Å²) in [6.07, 6.45) is 0.567. The molecule has 2 rings (SSSR count). The molecule has 1 aromatic heterocycles. The Bertz CT molecular complexity index is 484. The number of benzene rings is 1. The molecule has 0 aliphatic heterocycles. The Morgan fingerprint density at radius 2 is 1.78 bits per heavy atom. The maximum absolute atomic E-state index is 5.58. The summed E-state index contributed by atoms with van der Waals surface area (Å²) >= 11 is 5.58. The summed E-state index contributed by atoms with van der Waals surface area (Å²) in [6, 6.07) is 7.27. The van der Waals surface area contributed by atoms with Gasteiger partial charge in [0.05, 0.1) is 7.11 Å². The van der Waals surface area contributed by atoms with Crippen molar-refractivity contribution in [3.8, 4) is 11.5 Å². The van der Waals surface area contributed by atoms with Crippen molar-refractivity contribution in [2.45, 2.75) is 13.0 Å². The molecule has 0 aliphatic rings. The average Bonchev–Trinajstić information content (AvgIpc) is 2.85. The van der Waals surface area contributed by atoms with Gasteiger partial charge in [-0.15, -0.1) is 21.8 Å². The van der Waals surface area contributed by atoms with Crippen molar-refractivity contribution in [1.82, 2.24) is 10.2 Å². The smallest absolute Gasteiger partial charge is 0.253 e. The summed E-state index contributed by atoms with van der Waals surface area (Å²) < 4.78 is 15.9. The number of hydrogen-bond acceptors (Lipinski definition) is 5. The van der Waals surface area contributed by atoms with Crippen LogP contribution in [-0.4, -0.2) is 23.2 Å². The number of alkyl halides is 1. The fourth-order valence-electron chi connectivity index (χ4n) is 1.35. The molecular weight excluding hydrogens is 256 g/mol. The van der Waals surface area contributed by atoms with Crippen molar-refractivity contribution in [3.63, 3.8) is 0 Å². The van der Waals surface area contributed by atoms with Gasteiger partial charge in [0.1, 0.15) is 11.5 Å². The minimum atomic E-state index is 0.238. The SMILES string of the molecule is COc1ccc(OCc2nnc(CCCl)o2)cc1. The lowest BCUT2D eigenvalue weighted by atomic mass is 10.3. The van der Waals surface area contributed by atoms with E-state index in [0.717, 1.165) is 5.75 Å². The number of halogens is 1. The van der Waals surface area contributed by atoms with Crippen LogP contribution in [0.25, 0.3) is 0 Å². The van der Waals surface area contributed by atoms with Crippen LogP contribution >= 0.6 is 11.6 Å². The van der Waals surface area contributed by atoms with Crippen LogP contribution < -0.4 is 9.47 Å². The van der Waals surface area contributed by atoms with E-state index in [9.17, 15) is 0 Å². The monoisotopic (exact) mass is 268 g/mol. The number of hydrogen-bond donors (Lipinski definition) is 0. The minimum Gasteiger partial charge on any atom is -0.497 e. The molecule has 2 aromatic rings. The van der Waals surface area contributed by atoms with Crippen LogP contribution in [0.4, 0.5) is 0 Å². The Morgan fingerprint density at radius 3 is 2.44 bits per heavy atom. The van der Waals surface area contributed by atoms with E-state index in [0.29, 0.717) is 29.8 Å². The third-order valence-electron chi connectivity index (χ3n) is 2.24. The number of methoxy groups -OCH3 is 1. The van der Waals surface area contributed by atoms with Gasteiger partial charge in [-0.05, 0) is 24.3 Å². The molecule has 18 heavy (non-hydrogen) atoms. The van der Waals surface area contributed by atoms with E-state index < -0.39 is 0 Å². The van der Waals surface area contributed by atoms with E-state index in [1.165, 1.54) is 0 Å². The van der Waals surface area contributed by atoms with E-state index in [2.05, 4.69) is 10.2 Å². The molecule has 0 amide bonds. The summed E-state index contributed by atoms with van der Waals surface area (Å²) in [5, 5.41) is 7.70. The highest BCUT2D eigenvalue weighted by Crippen LogP contribution is 2.18. The molecule has 1 aromatic carbocycles. The van der Waals surface area contributed by atoms with Gasteiger partial charge >= 0.3 is 0 Å². The van der Waals surface area contributed by atoms with Crippen LogP contribution in [-0.2, 0) is 13.0 Å². The number of aromatic nitrogens is 2. The molecule has 6 heteroatoms. The molecule has 0 aliphatic carbocycles. The lowest BCUT2D eigenvalue weighted by Gasteiger charge is -2.04. The molecule has 0 spiro atoms. The summed E-state index contributed by atoms with van der Waals surface area (Å²) in [4.78, 5) is 0. The van der Waals surface area contributed by atoms with Crippen LogP contribution in [0, 0.1) is 0 Å². The van der Waals surface area contributed by atoms with Crippen LogP contribution in [0.2, 0.25) is 0 Å². The topological polar surface area (TPSA) is 57.4 Å². The largest absolute Gasteiger partial charge is 0.497 e. The van der Waals surface area contributed by atoms with Crippen molar-refractivity contribution in [3.05, 3.63) is 36.0 Å². The maximum atomic E-state index is 5.58. The minimum absolute atomic E-state index is 0.238. The quantitative estimate of drug-likeness (QED) is 0.753. The van der Waals surface area contributed by atoms with E-state index >= 15 is 0 Å². The first-order chi connectivity index (χ1) is 8.81. The molecule has 0 fully saturated rings. The summed E-state index contributed by atoms with van der Waals surface area (Å²) in [6.45, 7) is 0.238. The highest BCUT2D eigenvalue weighted by Gasteiger charge is 2.06. The van der Waals surface area contributed by atoms with E-state index in [4.69, 9.17) is 25.5 Å². The predicted octanol–water partition coefficient (Wildman–Crippen LogP) is 2.44. The van der Waals surface area contributed by atoms with Crippen molar-refractivity contribution in [2.24, 2.45) is 0 Å². The molecule has 0 saturated carbocycles. The first kappa shape index (κ1) is 12.7. The van der Waals surface area contributed by atoms with Gasteiger partial charge < -0.3 is 13.9 Å². The van der Waals surface area contributed by atoms with Gasteiger partial charge in [0.25, 0.3) is 5.89 Å². The number of aryl methyl sites for hydroxylation is 1. The standard InChI is InChI=1S/C12H13ClN2O3/c1-16-9-2-4-10(5-3-9)17-8-12-15-14-11(18-12)6-7-13/h2-5H,6-8H2,1H3. The second kappa shape index (κ2) is 6.26. The van der Waals surface area contributed by atoms with Crippen molar-refractivity contribution < 1.29 is 13.9 Å². The van der Waals surface area contributed by atoms with Crippen LogP contribution in [0.15, 0.2) is 28.7 Å². The van der Waals surface area contributed by atoms with Gasteiger partial charge in [0.2, 0.25) is 5.89 Å². The highest BCUT2D eigenvalue weighted by atomic mass is 35.5. The summed E-state index contributed by atoms with van der Waals surface area (Å²) in [5.74, 6) is 2.92. The van der Waals surface area contributed by atoms with Gasteiger partial charge in [0.15, 0.2) is 6.61 Å². The predicted molar refractivity (Wildman–Crippen MR) is 66.0 cm³/mol. The second-order valence-corrected chi connectivity index (χ2v) is 3.87. The zero-order valence-electron chi connectivity index (χ0n) is 9.93. The van der Waals surface area contributed by atoms with Gasteiger partial charge in [-0.3, -0.25) is 0 Å². The number of rotatable bonds is 6. The highest BCUT2D eigenvalue weighted by molar-refractivity contribution is 6.17. The lowest BCUT2D eigenvalue weighted by Crippen LogP contribution is -1.95. The Kier molecular flexibility index (Phi) is 4.41. The Balaban J connectivity index is 1.89.